The number of aromatic amines is 1. The predicted octanol–water partition coefficient (Wildman–Crippen LogP) is 2.81. The Morgan fingerprint density at radius 1 is 1.37 bits per heavy atom. The highest BCUT2D eigenvalue weighted by molar-refractivity contribution is 7.22. The minimum Gasteiger partial charge on any atom is -0.298 e. The molecule has 1 N–H and O–H groups in total. The van der Waals surface area contributed by atoms with Crippen molar-refractivity contribution >= 4 is 32.9 Å². The van der Waals surface area contributed by atoms with Crippen molar-refractivity contribution in [2.45, 2.75) is 20.4 Å². The molecule has 0 fully saturated rings. The van der Waals surface area contributed by atoms with Crippen LogP contribution >= 0.6 is 22.7 Å². The molecule has 3 aromatic rings. The normalized spacial score (nSPS) is 11.3. The van der Waals surface area contributed by atoms with Crippen LogP contribution in [0.4, 0.5) is 0 Å². The van der Waals surface area contributed by atoms with Gasteiger partial charge in [0.15, 0.2) is 0 Å². The first-order chi connectivity index (χ1) is 9.13. The number of fused-ring (bicyclic) bond motifs is 1. The van der Waals surface area contributed by atoms with Crippen LogP contribution in [0.5, 0.6) is 0 Å². The fraction of sp³-hybridized carbons (Fsp3) is 0.231. The monoisotopic (exact) mass is 292 g/mol. The number of rotatable bonds is 2. The van der Waals surface area contributed by atoms with Crippen molar-refractivity contribution in [2.75, 3.05) is 0 Å². The Morgan fingerprint density at radius 2 is 2.16 bits per heavy atom. The van der Waals surface area contributed by atoms with Gasteiger partial charge in [-0.1, -0.05) is 0 Å². The molecular weight excluding hydrogens is 280 g/mol. The summed E-state index contributed by atoms with van der Waals surface area (Å²) in [4.78, 5) is 28.7. The van der Waals surface area contributed by atoms with Crippen LogP contribution in [0.15, 0.2) is 26.4 Å². The van der Waals surface area contributed by atoms with Gasteiger partial charge in [-0.15, -0.1) is 11.3 Å². The molecule has 0 atom stereocenters. The lowest BCUT2D eigenvalue weighted by atomic mass is 10.1. The maximum Gasteiger partial charge on any atom is 0.329 e. The molecule has 0 spiro atoms. The Balaban J connectivity index is 2.43. The molecule has 3 aromatic heterocycles. The van der Waals surface area contributed by atoms with Crippen LogP contribution in [0.2, 0.25) is 0 Å². The molecular formula is C13H12N2O2S2. The van der Waals surface area contributed by atoms with Gasteiger partial charge >= 0.3 is 5.69 Å². The summed E-state index contributed by atoms with van der Waals surface area (Å²) in [6.45, 7) is 4.11. The van der Waals surface area contributed by atoms with Crippen molar-refractivity contribution < 1.29 is 0 Å². The van der Waals surface area contributed by atoms with Gasteiger partial charge in [-0.3, -0.25) is 14.3 Å². The summed E-state index contributed by atoms with van der Waals surface area (Å²) in [5.41, 5.74) is 1.52. The minimum atomic E-state index is -0.335. The number of nitrogens with zero attached hydrogens (tertiary/aromatic N) is 1. The molecule has 0 bridgehead atoms. The smallest absolute Gasteiger partial charge is 0.298 e. The standard InChI is InChI=1S/C13H12N2O2S2/c1-3-15-12(16)9-7(2)10(8-4-5-18-6-8)19-11(9)14-13(15)17/h4-6H,3H2,1-2H3,(H,14,17). The van der Waals surface area contributed by atoms with Crippen molar-refractivity contribution in [3.05, 3.63) is 43.2 Å². The highest BCUT2D eigenvalue weighted by Crippen LogP contribution is 2.36. The Hall–Kier alpha value is -1.66. The maximum absolute atomic E-state index is 12.3. The summed E-state index contributed by atoms with van der Waals surface area (Å²) in [5, 5.41) is 4.69. The quantitative estimate of drug-likeness (QED) is 0.789. The second-order valence-corrected chi connectivity index (χ2v) is 6.05. The number of hydrogen-bond acceptors (Lipinski definition) is 4. The highest BCUT2D eigenvalue weighted by atomic mass is 32.1. The topological polar surface area (TPSA) is 54.9 Å². The third-order valence-corrected chi connectivity index (χ3v) is 5.11. The van der Waals surface area contributed by atoms with Crippen LogP contribution in [0.3, 0.4) is 0 Å². The summed E-state index contributed by atoms with van der Waals surface area (Å²) < 4.78 is 1.24. The van der Waals surface area contributed by atoms with Crippen molar-refractivity contribution in [3.63, 3.8) is 0 Å². The fourth-order valence-electron chi connectivity index (χ4n) is 2.21. The lowest BCUT2D eigenvalue weighted by Crippen LogP contribution is -2.34. The van der Waals surface area contributed by atoms with Gasteiger partial charge in [0.1, 0.15) is 4.83 Å². The zero-order chi connectivity index (χ0) is 13.6. The van der Waals surface area contributed by atoms with Crippen molar-refractivity contribution in [2.24, 2.45) is 0 Å². The van der Waals surface area contributed by atoms with E-state index in [1.165, 1.54) is 15.9 Å². The first-order valence-electron chi connectivity index (χ1n) is 5.92. The molecule has 0 aliphatic heterocycles. The molecule has 4 nitrogen and oxygen atoms in total. The molecule has 0 aliphatic carbocycles. The zero-order valence-corrected chi connectivity index (χ0v) is 12.2. The number of H-pyrrole nitrogens is 1. The van der Waals surface area contributed by atoms with E-state index in [0.717, 1.165) is 16.0 Å². The number of nitrogens with one attached hydrogen (secondary N) is 1. The maximum atomic E-state index is 12.3. The third kappa shape index (κ3) is 1.79. The summed E-state index contributed by atoms with van der Waals surface area (Å²) in [6.07, 6.45) is 0. The summed E-state index contributed by atoms with van der Waals surface area (Å²) >= 11 is 3.09. The molecule has 98 valence electrons. The van der Waals surface area contributed by atoms with Gasteiger partial charge in [0.2, 0.25) is 0 Å². The largest absolute Gasteiger partial charge is 0.329 e. The van der Waals surface area contributed by atoms with E-state index in [1.807, 2.05) is 23.8 Å². The highest BCUT2D eigenvalue weighted by Gasteiger charge is 2.16. The van der Waals surface area contributed by atoms with E-state index in [0.29, 0.717) is 16.8 Å². The first kappa shape index (κ1) is 12.4. The number of hydrogen-bond donors (Lipinski definition) is 1. The Kier molecular flexibility index (Phi) is 2.91. The van der Waals surface area contributed by atoms with Gasteiger partial charge in [-0.25, -0.2) is 4.79 Å². The van der Waals surface area contributed by atoms with Crippen LogP contribution in [0.1, 0.15) is 12.5 Å². The van der Waals surface area contributed by atoms with Crippen molar-refractivity contribution in [3.8, 4) is 10.4 Å². The molecule has 0 amide bonds. The van der Waals surface area contributed by atoms with Crippen LogP contribution in [0, 0.1) is 6.92 Å². The molecule has 0 aromatic carbocycles. The zero-order valence-electron chi connectivity index (χ0n) is 10.5. The number of aryl methyl sites for hydroxylation is 1. The molecule has 0 aliphatic rings. The average Bonchev–Trinajstić information content (AvgIpc) is 2.97. The lowest BCUT2D eigenvalue weighted by molar-refractivity contribution is 0.685. The van der Waals surface area contributed by atoms with E-state index in [9.17, 15) is 9.59 Å². The van der Waals surface area contributed by atoms with Crippen molar-refractivity contribution in [1.29, 1.82) is 0 Å². The molecule has 3 heterocycles. The van der Waals surface area contributed by atoms with Crippen LogP contribution in [-0.4, -0.2) is 9.55 Å². The Labute approximate surface area is 117 Å². The molecule has 19 heavy (non-hydrogen) atoms. The van der Waals surface area contributed by atoms with E-state index in [-0.39, 0.29) is 11.2 Å². The lowest BCUT2D eigenvalue weighted by Gasteiger charge is -2.00. The molecule has 0 saturated heterocycles. The fourth-order valence-corrected chi connectivity index (χ4v) is 4.11. The third-order valence-electron chi connectivity index (χ3n) is 3.17. The molecule has 3 rings (SSSR count). The van der Waals surface area contributed by atoms with Gasteiger partial charge in [-0.2, -0.15) is 11.3 Å². The number of aromatic nitrogens is 2. The van der Waals surface area contributed by atoms with Gasteiger partial charge < -0.3 is 0 Å². The van der Waals surface area contributed by atoms with E-state index in [4.69, 9.17) is 0 Å². The molecule has 6 heteroatoms. The van der Waals surface area contributed by atoms with E-state index in [1.54, 1.807) is 18.3 Å². The Morgan fingerprint density at radius 3 is 2.79 bits per heavy atom. The molecule has 0 saturated carbocycles. The SMILES string of the molecule is CCn1c(=O)[nH]c2sc(-c3ccsc3)c(C)c2c1=O. The predicted molar refractivity (Wildman–Crippen MR) is 80.4 cm³/mol. The van der Waals surface area contributed by atoms with E-state index in [2.05, 4.69) is 4.98 Å². The average molecular weight is 292 g/mol. The van der Waals surface area contributed by atoms with E-state index < -0.39 is 0 Å². The van der Waals surface area contributed by atoms with Crippen LogP contribution in [0.25, 0.3) is 20.7 Å². The minimum absolute atomic E-state index is 0.198. The van der Waals surface area contributed by atoms with Crippen molar-refractivity contribution in [1.82, 2.24) is 9.55 Å². The summed E-state index contributed by atoms with van der Waals surface area (Å²) in [5.74, 6) is 0. The summed E-state index contributed by atoms with van der Waals surface area (Å²) in [6, 6.07) is 2.03. The van der Waals surface area contributed by atoms with Gasteiger partial charge in [0.05, 0.1) is 5.39 Å². The summed E-state index contributed by atoms with van der Waals surface area (Å²) in [7, 11) is 0. The second-order valence-electron chi connectivity index (χ2n) is 4.25. The second kappa shape index (κ2) is 4.47. The van der Waals surface area contributed by atoms with Gasteiger partial charge in [0.25, 0.3) is 5.56 Å². The van der Waals surface area contributed by atoms with Gasteiger partial charge in [0, 0.05) is 17.0 Å². The first-order valence-corrected chi connectivity index (χ1v) is 7.68. The molecule has 0 radical (unpaired) electrons. The van der Waals surface area contributed by atoms with Gasteiger partial charge in [-0.05, 0) is 36.2 Å². The Bertz CT molecular complexity index is 853. The van der Waals surface area contributed by atoms with E-state index >= 15 is 0 Å². The molecule has 0 unspecified atom stereocenters. The van der Waals surface area contributed by atoms with Crippen LogP contribution < -0.4 is 11.2 Å². The number of thiophene rings is 2. The van der Waals surface area contributed by atoms with Crippen LogP contribution in [-0.2, 0) is 6.54 Å².